The van der Waals surface area contributed by atoms with Crippen molar-refractivity contribution in [2.75, 3.05) is 13.7 Å². The monoisotopic (exact) mass is 614 g/mol. The van der Waals surface area contributed by atoms with E-state index in [0.29, 0.717) is 52.1 Å². The Bertz CT molecular complexity index is 1790. The van der Waals surface area contributed by atoms with E-state index < -0.39 is 29.5 Å². The lowest BCUT2D eigenvalue weighted by atomic mass is 9.86. The maximum atomic E-state index is 15.7. The maximum absolute atomic E-state index is 15.7. The van der Waals surface area contributed by atoms with Crippen molar-refractivity contribution in [2.24, 2.45) is 7.05 Å². The lowest BCUT2D eigenvalue weighted by molar-refractivity contribution is -0.164. The van der Waals surface area contributed by atoms with E-state index in [-0.39, 0.29) is 12.4 Å². The normalized spacial score (nSPS) is 13.9. The van der Waals surface area contributed by atoms with E-state index in [9.17, 15) is 9.59 Å². The van der Waals surface area contributed by atoms with Crippen LogP contribution in [0.25, 0.3) is 28.2 Å². The molecule has 2 aromatic heterocycles. The highest BCUT2D eigenvalue weighted by Crippen LogP contribution is 2.45. The standard InChI is InChI=1S/C36H39FN2O6/c1-21-25-14-11-17-43-32(25)28(37)19-26(21)31-27-18-24(15-16-29(40)44-20-23-12-9-8-10-13-23)39(6)34(27)38-22(2)30(31)33(35(41)42-7)45-36(3,4)5/h8-10,12-13,15-16,18-19,33H,11,14,17,20H2,1-7H3/t33-/m0/s1. The lowest BCUT2D eigenvalue weighted by Gasteiger charge is -2.29. The van der Waals surface area contributed by atoms with Gasteiger partial charge in [-0.05, 0) is 82.4 Å². The molecule has 0 bridgehead atoms. The molecular weight excluding hydrogens is 575 g/mol. The summed E-state index contributed by atoms with van der Waals surface area (Å²) in [7, 11) is 3.15. The number of hydrogen-bond donors (Lipinski definition) is 0. The summed E-state index contributed by atoms with van der Waals surface area (Å²) in [6, 6.07) is 12.8. The van der Waals surface area contributed by atoms with Gasteiger partial charge in [0.05, 0.1) is 19.3 Å². The molecule has 45 heavy (non-hydrogen) atoms. The summed E-state index contributed by atoms with van der Waals surface area (Å²) in [6.45, 7) is 9.92. The molecule has 9 heteroatoms. The molecule has 5 rings (SSSR count). The van der Waals surface area contributed by atoms with Gasteiger partial charge in [-0.3, -0.25) is 0 Å². The molecule has 8 nitrogen and oxygen atoms in total. The van der Waals surface area contributed by atoms with Crippen LogP contribution in [0.15, 0.2) is 48.5 Å². The second kappa shape index (κ2) is 12.9. The molecule has 1 aliphatic rings. The first-order valence-corrected chi connectivity index (χ1v) is 15.0. The van der Waals surface area contributed by atoms with Crippen LogP contribution in [0, 0.1) is 19.7 Å². The van der Waals surface area contributed by atoms with Gasteiger partial charge in [0.15, 0.2) is 17.7 Å². The minimum atomic E-state index is -1.14. The van der Waals surface area contributed by atoms with E-state index in [2.05, 4.69) is 0 Å². The van der Waals surface area contributed by atoms with Crippen molar-refractivity contribution in [1.82, 2.24) is 9.55 Å². The van der Waals surface area contributed by atoms with Crippen molar-refractivity contribution >= 4 is 29.0 Å². The van der Waals surface area contributed by atoms with Gasteiger partial charge in [0.25, 0.3) is 0 Å². The van der Waals surface area contributed by atoms with Crippen LogP contribution in [0.4, 0.5) is 4.39 Å². The number of esters is 2. The summed E-state index contributed by atoms with van der Waals surface area (Å²) in [5, 5.41) is 0.668. The summed E-state index contributed by atoms with van der Waals surface area (Å²) in [5.41, 5.74) is 5.33. The van der Waals surface area contributed by atoms with Crippen molar-refractivity contribution in [1.29, 1.82) is 0 Å². The zero-order valence-electron chi connectivity index (χ0n) is 26.8. The van der Waals surface area contributed by atoms with Gasteiger partial charge in [0.1, 0.15) is 12.3 Å². The Balaban J connectivity index is 1.70. The number of fused-ring (bicyclic) bond motifs is 2. The highest BCUT2D eigenvalue weighted by atomic mass is 19.1. The van der Waals surface area contributed by atoms with Crippen LogP contribution in [0.5, 0.6) is 5.75 Å². The summed E-state index contributed by atoms with van der Waals surface area (Å²) < 4.78 is 40.2. The number of halogens is 1. The van der Waals surface area contributed by atoms with Crippen LogP contribution in [0.3, 0.4) is 0 Å². The van der Waals surface area contributed by atoms with Crippen molar-refractivity contribution in [3.8, 4) is 16.9 Å². The Morgan fingerprint density at radius 3 is 2.58 bits per heavy atom. The average Bonchev–Trinajstić information content (AvgIpc) is 3.33. The number of carbonyl (C=O) groups excluding carboxylic acids is 2. The fraction of sp³-hybridized carbons (Fsp3) is 0.361. The number of nitrogens with zero attached hydrogens (tertiary/aromatic N) is 2. The molecule has 0 spiro atoms. The molecule has 4 aromatic rings. The van der Waals surface area contributed by atoms with Crippen LogP contribution in [0.2, 0.25) is 0 Å². The molecule has 0 saturated carbocycles. The first-order chi connectivity index (χ1) is 21.4. The Morgan fingerprint density at radius 1 is 1.16 bits per heavy atom. The van der Waals surface area contributed by atoms with E-state index in [1.165, 1.54) is 19.3 Å². The van der Waals surface area contributed by atoms with Gasteiger partial charge in [0, 0.05) is 46.6 Å². The highest BCUT2D eigenvalue weighted by Gasteiger charge is 2.35. The molecule has 1 atom stereocenters. The van der Waals surface area contributed by atoms with Gasteiger partial charge in [-0.25, -0.2) is 19.0 Å². The minimum absolute atomic E-state index is 0.156. The average molecular weight is 615 g/mol. The molecule has 1 aliphatic heterocycles. The number of benzene rings is 2. The van der Waals surface area contributed by atoms with E-state index in [1.807, 2.05) is 75.7 Å². The van der Waals surface area contributed by atoms with Crippen molar-refractivity contribution in [3.63, 3.8) is 0 Å². The summed E-state index contributed by atoms with van der Waals surface area (Å²) in [6.07, 6.45) is 3.33. The van der Waals surface area contributed by atoms with E-state index in [0.717, 1.165) is 23.1 Å². The van der Waals surface area contributed by atoms with Crippen molar-refractivity contribution < 1.29 is 32.9 Å². The van der Waals surface area contributed by atoms with Gasteiger partial charge in [-0.2, -0.15) is 0 Å². The topological polar surface area (TPSA) is 88.9 Å². The number of rotatable bonds is 8. The van der Waals surface area contributed by atoms with Gasteiger partial charge < -0.3 is 23.5 Å². The summed E-state index contributed by atoms with van der Waals surface area (Å²) in [4.78, 5) is 30.8. The molecule has 3 heterocycles. The number of methoxy groups -OCH3 is 1. The molecule has 0 amide bonds. The number of pyridine rings is 1. The van der Waals surface area contributed by atoms with Gasteiger partial charge in [-0.15, -0.1) is 0 Å². The molecule has 0 saturated heterocycles. The van der Waals surface area contributed by atoms with E-state index in [4.69, 9.17) is 23.9 Å². The molecule has 2 aromatic carbocycles. The maximum Gasteiger partial charge on any atom is 0.339 e. The molecule has 236 valence electrons. The van der Waals surface area contributed by atoms with E-state index >= 15 is 4.39 Å². The Morgan fingerprint density at radius 2 is 1.89 bits per heavy atom. The smallest absolute Gasteiger partial charge is 0.339 e. The third-order valence-corrected chi connectivity index (χ3v) is 7.91. The third-order valence-electron chi connectivity index (χ3n) is 7.91. The molecule has 0 fully saturated rings. The third kappa shape index (κ3) is 6.63. The number of carbonyl (C=O) groups is 2. The lowest BCUT2D eigenvalue weighted by Crippen LogP contribution is -2.29. The van der Waals surface area contributed by atoms with Crippen LogP contribution >= 0.6 is 0 Å². The number of aromatic nitrogens is 2. The fourth-order valence-electron chi connectivity index (χ4n) is 5.78. The highest BCUT2D eigenvalue weighted by molar-refractivity contribution is 6.01. The Hall–Kier alpha value is -4.50. The first kappa shape index (κ1) is 31.9. The number of aryl methyl sites for hydroxylation is 2. The molecule has 0 radical (unpaired) electrons. The summed E-state index contributed by atoms with van der Waals surface area (Å²) in [5.74, 6) is -1.28. The second-order valence-corrected chi connectivity index (χ2v) is 12.2. The zero-order valence-corrected chi connectivity index (χ0v) is 26.8. The fourth-order valence-corrected chi connectivity index (χ4v) is 5.78. The number of hydrogen-bond acceptors (Lipinski definition) is 7. The predicted octanol–water partition coefficient (Wildman–Crippen LogP) is 7.11. The molecular formula is C36H39FN2O6. The van der Waals surface area contributed by atoms with Gasteiger partial charge >= 0.3 is 11.9 Å². The Kier molecular flexibility index (Phi) is 9.11. The predicted molar refractivity (Wildman–Crippen MR) is 170 cm³/mol. The SMILES string of the molecule is COC(=O)[C@@H](OC(C)(C)C)c1c(C)nc2c(cc(C=CC(=O)OCc3ccccc3)n2C)c1-c1cc(F)c2c(c1C)CCCO2. The summed E-state index contributed by atoms with van der Waals surface area (Å²) >= 11 is 0. The van der Waals surface area contributed by atoms with Crippen LogP contribution in [-0.2, 0) is 43.9 Å². The van der Waals surface area contributed by atoms with Crippen molar-refractivity contribution in [2.45, 2.75) is 65.8 Å². The zero-order chi connectivity index (χ0) is 32.5. The molecule has 0 N–H and O–H groups in total. The van der Waals surface area contributed by atoms with Crippen molar-refractivity contribution in [3.05, 3.63) is 88.0 Å². The Labute approximate surface area is 262 Å². The van der Waals surface area contributed by atoms with Crippen LogP contribution < -0.4 is 4.74 Å². The largest absolute Gasteiger partial charge is 0.490 e. The first-order valence-electron chi connectivity index (χ1n) is 15.0. The van der Waals surface area contributed by atoms with Gasteiger partial charge in [0.2, 0.25) is 0 Å². The van der Waals surface area contributed by atoms with Crippen LogP contribution in [0.1, 0.15) is 66.9 Å². The van der Waals surface area contributed by atoms with E-state index in [1.54, 1.807) is 13.0 Å². The molecule has 0 aliphatic carbocycles. The second-order valence-electron chi connectivity index (χ2n) is 12.2. The number of ether oxygens (including phenoxy) is 4. The minimum Gasteiger partial charge on any atom is -0.490 e. The molecule has 0 unspecified atom stereocenters. The quantitative estimate of drug-likeness (QED) is 0.154. The van der Waals surface area contributed by atoms with Gasteiger partial charge in [-0.1, -0.05) is 30.3 Å². The van der Waals surface area contributed by atoms with Crippen LogP contribution in [-0.4, -0.2) is 40.8 Å².